The zero-order chi connectivity index (χ0) is 7.68. The summed E-state index contributed by atoms with van der Waals surface area (Å²) >= 11 is 0. The highest BCUT2D eigenvalue weighted by Crippen LogP contribution is 2.35. The minimum absolute atomic E-state index is 0.213. The van der Waals surface area contributed by atoms with E-state index in [4.69, 9.17) is 4.74 Å². The Hall–Kier alpha value is -0.570. The molecule has 2 rings (SSSR count). The predicted octanol–water partition coefficient (Wildman–Crippen LogP) is 0.157. The number of hydrogen-bond acceptors (Lipinski definition) is 3. The summed E-state index contributed by atoms with van der Waals surface area (Å²) in [4.78, 5) is 10.0. The van der Waals surface area contributed by atoms with Crippen molar-refractivity contribution >= 4 is 6.47 Å². The first kappa shape index (κ1) is 7.10. The predicted molar refractivity (Wildman–Crippen MR) is 40.0 cm³/mol. The standard InChI is InChI=1S/C8H13NO2/c10-5-11-8-1-6-3-9-4-7(6)2-8/h5-9H,1-4H2/t6-,7+,8?. The van der Waals surface area contributed by atoms with Crippen molar-refractivity contribution in [2.75, 3.05) is 13.1 Å². The Morgan fingerprint density at radius 1 is 1.27 bits per heavy atom. The zero-order valence-electron chi connectivity index (χ0n) is 6.45. The van der Waals surface area contributed by atoms with E-state index in [-0.39, 0.29) is 6.10 Å². The fraction of sp³-hybridized carbons (Fsp3) is 0.875. The van der Waals surface area contributed by atoms with Crippen LogP contribution in [-0.2, 0) is 9.53 Å². The van der Waals surface area contributed by atoms with E-state index in [2.05, 4.69) is 5.32 Å². The van der Waals surface area contributed by atoms with Crippen LogP contribution in [0.5, 0.6) is 0 Å². The molecular formula is C8H13NO2. The molecule has 2 fully saturated rings. The summed E-state index contributed by atoms with van der Waals surface area (Å²) < 4.78 is 4.93. The van der Waals surface area contributed by atoms with Gasteiger partial charge in [0, 0.05) is 0 Å². The van der Waals surface area contributed by atoms with Crippen LogP contribution in [0.2, 0.25) is 0 Å². The molecule has 1 heterocycles. The van der Waals surface area contributed by atoms with Crippen molar-refractivity contribution in [1.82, 2.24) is 5.32 Å². The molecule has 2 aliphatic rings. The van der Waals surface area contributed by atoms with Crippen LogP contribution in [0.15, 0.2) is 0 Å². The van der Waals surface area contributed by atoms with Crippen LogP contribution in [0, 0.1) is 11.8 Å². The van der Waals surface area contributed by atoms with Crippen LogP contribution >= 0.6 is 0 Å². The van der Waals surface area contributed by atoms with Crippen LogP contribution < -0.4 is 5.32 Å². The largest absolute Gasteiger partial charge is 0.465 e. The van der Waals surface area contributed by atoms with E-state index >= 15 is 0 Å². The monoisotopic (exact) mass is 155 g/mol. The number of nitrogens with one attached hydrogen (secondary N) is 1. The lowest BCUT2D eigenvalue weighted by molar-refractivity contribution is -0.133. The van der Waals surface area contributed by atoms with Crippen molar-refractivity contribution < 1.29 is 9.53 Å². The van der Waals surface area contributed by atoms with E-state index in [1.807, 2.05) is 0 Å². The lowest BCUT2D eigenvalue weighted by Gasteiger charge is -2.07. The fourth-order valence-corrected chi connectivity index (χ4v) is 2.30. The normalized spacial score (nSPS) is 42.0. The van der Waals surface area contributed by atoms with Crippen LogP contribution in [0.3, 0.4) is 0 Å². The highest BCUT2D eigenvalue weighted by atomic mass is 16.5. The van der Waals surface area contributed by atoms with E-state index in [1.54, 1.807) is 0 Å². The summed E-state index contributed by atoms with van der Waals surface area (Å²) in [6.45, 7) is 2.81. The van der Waals surface area contributed by atoms with Gasteiger partial charge in [0.05, 0.1) is 0 Å². The third-order valence-electron chi connectivity index (χ3n) is 2.86. The summed E-state index contributed by atoms with van der Waals surface area (Å²) in [5.41, 5.74) is 0. The minimum atomic E-state index is 0.213. The molecule has 1 aliphatic heterocycles. The second-order valence-electron chi connectivity index (χ2n) is 3.50. The molecule has 0 aromatic rings. The van der Waals surface area contributed by atoms with Gasteiger partial charge in [0.2, 0.25) is 0 Å². The third kappa shape index (κ3) is 1.25. The fourth-order valence-electron chi connectivity index (χ4n) is 2.30. The number of fused-ring (bicyclic) bond motifs is 1. The number of carbonyl (C=O) groups is 1. The van der Waals surface area contributed by atoms with E-state index in [0.29, 0.717) is 6.47 Å². The molecule has 62 valence electrons. The number of carbonyl (C=O) groups excluding carboxylic acids is 1. The molecule has 1 N–H and O–H groups in total. The molecule has 1 saturated carbocycles. The number of rotatable bonds is 2. The van der Waals surface area contributed by atoms with Gasteiger partial charge >= 0.3 is 0 Å². The van der Waals surface area contributed by atoms with Crippen LogP contribution in [-0.4, -0.2) is 25.7 Å². The van der Waals surface area contributed by atoms with Gasteiger partial charge in [0.15, 0.2) is 0 Å². The summed E-state index contributed by atoms with van der Waals surface area (Å²) in [5, 5.41) is 3.34. The van der Waals surface area contributed by atoms with Crippen molar-refractivity contribution in [2.24, 2.45) is 11.8 Å². The molecule has 1 unspecified atom stereocenters. The Labute approximate surface area is 66.1 Å². The molecule has 3 atom stereocenters. The van der Waals surface area contributed by atoms with Gasteiger partial charge in [0.1, 0.15) is 6.10 Å². The van der Waals surface area contributed by atoms with E-state index in [9.17, 15) is 4.79 Å². The Bertz CT molecular complexity index is 148. The van der Waals surface area contributed by atoms with Crippen LogP contribution in [0.4, 0.5) is 0 Å². The van der Waals surface area contributed by atoms with Crippen LogP contribution in [0.1, 0.15) is 12.8 Å². The molecule has 11 heavy (non-hydrogen) atoms. The topological polar surface area (TPSA) is 38.3 Å². The molecule has 0 spiro atoms. The molecule has 3 nitrogen and oxygen atoms in total. The first-order chi connectivity index (χ1) is 5.40. The number of ether oxygens (including phenoxy) is 1. The number of hydrogen-bond donors (Lipinski definition) is 1. The highest BCUT2D eigenvalue weighted by Gasteiger charge is 2.37. The zero-order valence-corrected chi connectivity index (χ0v) is 6.45. The molecule has 3 heteroatoms. The van der Waals surface area contributed by atoms with Gasteiger partial charge in [-0.25, -0.2) is 0 Å². The van der Waals surface area contributed by atoms with Crippen molar-refractivity contribution in [3.8, 4) is 0 Å². The summed E-state index contributed by atoms with van der Waals surface area (Å²) in [6, 6.07) is 0. The van der Waals surface area contributed by atoms with Gasteiger partial charge in [-0.1, -0.05) is 0 Å². The molecule has 0 aromatic carbocycles. The minimum Gasteiger partial charge on any atom is -0.465 e. The van der Waals surface area contributed by atoms with Crippen molar-refractivity contribution in [1.29, 1.82) is 0 Å². The van der Waals surface area contributed by atoms with Gasteiger partial charge in [-0.2, -0.15) is 0 Å². The summed E-state index contributed by atoms with van der Waals surface area (Å²) in [6.07, 6.45) is 2.34. The van der Waals surface area contributed by atoms with Crippen molar-refractivity contribution in [3.63, 3.8) is 0 Å². The Balaban J connectivity index is 1.89. The molecule has 0 radical (unpaired) electrons. The van der Waals surface area contributed by atoms with Crippen molar-refractivity contribution in [3.05, 3.63) is 0 Å². The third-order valence-corrected chi connectivity index (χ3v) is 2.86. The average Bonchev–Trinajstić information content (AvgIpc) is 2.46. The lowest BCUT2D eigenvalue weighted by atomic mass is 10.0. The van der Waals surface area contributed by atoms with Gasteiger partial charge in [-0.05, 0) is 37.8 Å². The van der Waals surface area contributed by atoms with Gasteiger partial charge < -0.3 is 10.1 Å². The second-order valence-corrected chi connectivity index (χ2v) is 3.50. The quantitative estimate of drug-likeness (QED) is 0.577. The molecule has 1 saturated heterocycles. The van der Waals surface area contributed by atoms with E-state index in [0.717, 1.165) is 37.8 Å². The summed E-state index contributed by atoms with van der Waals surface area (Å²) in [7, 11) is 0. The Morgan fingerprint density at radius 3 is 2.45 bits per heavy atom. The highest BCUT2D eigenvalue weighted by molar-refractivity contribution is 5.37. The molecule has 0 amide bonds. The molecular weight excluding hydrogens is 142 g/mol. The lowest BCUT2D eigenvalue weighted by Crippen LogP contribution is -2.15. The first-order valence-corrected chi connectivity index (χ1v) is 4.20. The maximum Gasteiger partial charge on any atom is 0.293 e. The van der Waals surface area contributed by atoms with E-state index in [1.165, 1.54) is 0 Å². The van der Waals surface area contributed by atoms with Crippen LogP contribution in [0.25, 0.3) is 0 Å². The summed E-state index contributed by atoms with van der Waals surface area (Å²) in [5.74, 6) is 1.53. The van der Waals surface area contributed by atoms with Gasteiger partial charge in [-0.3, -0.25) is 4.79 Å². The van der Waals surface area contributed by atoms with Crippen molar-refractivity contribution in [2.45, 2.75) is 18.9 Å². The smallest absolute Gasteiger partial charge is 0.293 e. The Morgan fingerprint density at radius 2 is 1.91 bits per heavy atom. The SMILES string of the molecule is O=COC1C[C@H]2CNC[C@H]2C1. The molecule has 0 bridgehead atoms. The van der Waals surface area contributed by atoms with Gasteiger partial charge in [0.25, 0.3) is 6.47 Å². The maximum absolute atomic E-state index is 10.0. The van der Waals surface area contributed by atoms with E-state index < -0.39 is 0 Å². The molecule has 0 aromatic heterocycles. The second kappa shape index (κ2) is 2.81. The average molecular weight is 155 g/mol. The van der Waals surface area contributed by atoms with Gasteiger partial charge in [-0.15, -0.1) is 0 Å². The Kier molecular flexibility index (Phi) is 1.82. The molecule has 1 aliphatic carbocycles. The first-order valence-electron chi connectivity index (χ1n) is 4.20. The maximum atomic E-state index is 10.0.